The average Bonchev–Trinajstić information content (AvgIpc) is 2.89. The van der Waals surface area contributed by atoms with Gasteiger partial charge in [-0.25, -0.2) is 13.4 Å². The van der Waals surface area contributed by atoms with Crippen molar-refractivity contribution in [2.24, 2.45) is 0 Å². The van der Waals surface area contributed by atoms with Crippen LogP contribution in [0.15, 0.2) is 0 Å². The van der Waals surface area contributed by atoms with Gasteiger partial charge in [-0.1, -0.05) is 13.8 Å². The second-order valence-electron chi connectivity index (χ2n) is 5.92. The van der Waals surface area contributed by atoms with Gasteiger partial charge in [0.25, 0.3) is 0 Å². The van der Waals surface area contributed by atoms with Crippen molar-refractivity contribution >= 4 is 21.2 Å². The predicted molar refractivity (Wildman–Crippen MR) is 84.2 cm³/mol. The molecule has 0 unspecified atom stereocenters. The van der Waals surface area contributed by atoms with E-state index in [1.54, 1.807) is 11.3 Å². The quantitative estimate of drug-likeness (QED) is 0.907. The van der Waals surface area contributed by atoms with Gasteiger partial charge in [-0.05, 0) is 26.7 Å². The molecule has 1 saturated heterocycles. The van der Waals surface area contributed by atoms with E-state index in [1.165, 1.54) is 4.88 Å². The molecule has 1 aromatic heterocycles. The molecule has 1 N–H and O–H groups in total. The molecule has 0 aromatic carbocycles. The van der Waals surface area contributed by atoms with Crippen LogP contribution < -0.4 is 5.32 Å². The summed E-state index contributed by atoms with van der Waals surface area (Å²) in [5.41, 5.74) is 1.06. The average molecular weight is 316 g/mol. The molecule has 0 saturated carbocycles. The number of nitrogens with one attached hydrogen (secondary N) is 1. The molecule has 0 spiro atoms. The standard InChI is InChI=1S/C14H24N2O2S2/c1-9(2)14-16-11(4)13(19-14)10(3)15-8-12-6-5-7-20(12,17)18/h9-10,12,15H,5-8H2,1-4H3/t10-,12-/m1/s1. The number of thiazole rings is 1. The molecule has 2 atom stereocenters. The zero-order valence-corrected chi connectivity index (χ0v) is 14.3. The molecule has 0 amide bonds. The van der Waals surface area contributed by atoms with Gasteiger partial charge in [0.15, 0.2) is 9.84 Å². The Balaban J connectivity index is 2.00. The maximum Gasteiger partial charge on any atom is 0.154 e. The van der Waals surface area contributed by atoms with Gasteiger partial charge in [0.1, 0.15) is 0 Å². The molecule has 2 heterocycles. The van der Waals surface area contributed by atoms with Crippen LogP contribution in [0.2, 0.25) is 0 Å². The van der Waals surface area contributed by atoms with E-state index in [4.69, 9.17) is 0 Å². The summed E-state index contributed by atoms with van der Waals surface area (Å²) in [7, 11) is -2.86. The highest BCUT2D eigenvalue weighted by Gasteiger charge is 2.31. The highest BCUT2D eigenvalue weighted by molar-refractivity contribution is 7.92. The summed E-state index contributed by atoms with van der Waals surface area (Å²) in [6, 6.07) is 0.163. The Labute approximate surface area is 125 Å². The second kappa shape index (κ2) is 6.12. The first-order valence-corrected chi connectivity index (χ1v) is 9.76. The van der Waals surface area contributed by atoms with Crippen LogP contribution in [0.3, 0.4) is 0 Å². The van der Waals surface area contributed by atoms with Crippen LogP contribution in [0.5, 0.6) is 0 Å². The first-order valence-electron chi connectivity index (χ1n) is 7.23. The van der Waals surface area contributed by atoms with Gasteiger partial charge in [-0.15, -0.1) is 11.3 Å². The highest BCUT2D eigenvalue weighted by Crippen LogP contribution is 2.29. The van der Waals surface area contributed by atoms with Gasteiger partial charge in [0.05, 0.1) is 21.7 Å². The van der Waals surface area contributed by atoms with E-state index >= 15 is 0 Å². The van der Waals surface area contributed by atoms with Crippen LogP contribution in [0.4, 0.5) is 0 Å². The Morgan fingerprint density at radius 1 is 1.40 bits per heavy atom. The van der Waals surface area contributed by atoms with E-state index in [1.807, 2.05) is 6.92 Å². The van der Waals surface area contributed by atoms with E-state index in [0.717, 1.165) is 23.5 Å². The molecule has 1 aliphatic heterocycles. The largest absolute Gasteiger partial charge is 0.308 e. The fourth-order valence-electron chi connectivity index (χ4n) is 2.57. The van der Waals surface area contributed by atoms with Gasteiger partial charge in [0, 0.05) is 23.4 Å². The van der Waals surface area contributed by atoms with E-state index in [9.17, 15) is 8.42 Å². The summed E-state index contributed by atoms with van der Waals surface area (Å²) < 4.78 is 23.6. The third-order valence-corrected chi connectivity index (χ3v) is 7.77. The summed E-state index contributed by atoms with van der Waals surface area (Å²) in [5.74, 6) is 0.792. The number of aromatic nitrogens is 1. The number of hydrogen-bond acceptors (Lipinski definition) is 5. The highest BCUT2D eigenvalue weighted by atomic mass is 32.2. The Bertz CT molecular complexity index is 564. The van der Waals surface area contributed by atoms with Crippen molar-refractivity contribution in [1.82, 2.24) is 10.3 Å². The van der Waals surface area contributed by atoms with Crippen molar-refractivity contribution < 1.29 is 8.42 Å². The molecular weight excluding hydrogens is 292 g/mol. The summed E-state index contributed by atoms with van der Waals surface area (Å²) in [5, 5.41) is 4.33. The molecular formula is C14H24N2O2S2. The lowest BCUT2D eigenvalue weighted by atomic mass is 10.2. The molecule has 0 radical (unpaired) electrons. The van der Waals surface area contributed by atoms with Crippen LogP contribution >= 0.6 is 11.3 Å². The van der Waals surface area contributed by atoms with Gasteiger partial charge >= 0.3 is 0 Å². The molecule has 114 valence electrons. The number of sulfone groups is 1. The Hall–Kier alpha value is -0.460. The van der Waals surface area contributed by atoms with Crippen LogP contribution in [0, 0.1) is 6.92 Å². The number of nitrogens with zero attached hydrogens (tertiary/aromatic N) is 1. The minimum absolute atomic E-state index is 0.163. The molecule has 1 aliphatic rings. The number of aryl methyl sites for hydroxylation is 1. The van der Waals surface area contributed by atoms with E-state index in [0.29, 0.717) is 18.2 Å². The topological polar surface area (TPSA) is 59.1 Å². The molecule has 20 heavy (non-hydrogen) atoms. The van der Waals surface area contributed by atoms with E-state index < -0.39 is 9.84 Å². The SMILES string of the molecule is Cc1nc(C(C)C)sc1[C@@H](C)NC[C@H]1CCCS1(=O)=O. The van der Waals surface area contributed by atoms with Crippen LogP contribution in [0.25, 0.3) is 0 Å². The predicted octanol–water partition coefficient (Wildman–Crippen LogP) is 2.80. The Morgan fingerprint density at radius 3 is 2.60 bits per heavy atom. The molecule has 1 aromatic rings. The smallest absolute Gasteiger partial charge is 0.154 e. The lowest BCUT2D eigenvalue weighted by Gasteiger charge is -2.16. The van der Waals surface area contributed by atoms with Crippen molar-refractivity contribution in [3.8, 4) is 0 Å². The molecule has 1 fully saturated rings. The van der Waals surface area contributed by atoms with Gasteiger partial charge < -0.3 is 5.32 Å². The maximum absolute atomic E-state index is 11.8. The number of rotatable bonds is 5. The van der Waals surface area contributed by atoms with Crippen molar-refractivity contribution in [3.63, 3.8) is 0 Å². The molecule has 2 rings (SSSR count). The Kier molecular flexibility index (Phi) is 4.87. The minimum atomic E-state index is -2.86. The lowest BCUT2D eigenvalue weighted by Crippen LogP contribution is -2.32. The van der Waals surface area contributed by atoms with Crippen molar-refractivity contribution in [2.75, 3.05) is 12.3 Å². The van der Waals surface area contributed by atoms with Crippen molar-refractivity contribution in [2.45, 2.75) is 57.7 Å². The van der Waals surface area contributed by atoms with Crippen LogP contribution in [-0.4, -0.2) is 30.9 Å². The third-order valence-electron chi connectivity index (χ3n) is 3.85. The van der Waals surface area contributed by atoms with Crippen LogP contribution in [0.1, 0.15) is 61.2 Å². The molecule has 0 aliphatic carbocycles. The first-order chi connectivity index (χ1) is 9.31. The maximum atomic E-state index is 11.8. The summed E-state index contributed by atoms with van der Waals surface area (Å²) in [6.45, 7) is 8.96. The monoisotopic (exact) mass is 316 g/mol. The number of hydrogen-bond donors (Lipinski definition) is 1. The zero-order chi connectivity index (χ0) is 14.9. The third kappa shape index (κ3) is 3.40. The first kappa shape index (κ1) is 15.9. The summed E-state index contributed by atoms with van der Waals surface area (Å²) in [6.07, 6.45) is 1.60. The summed E-state index contributed by atoms with van der Waals surface area (Å²) in [4.78, 5) is 5.83. The fraction of sp³-hybridized carbons (Fsp3) is 0.786. The lowest BCUT2D eigenvalue weighted by molar-refractivity contribution is 0.541. The van der Waals surface area contributed by atoms with Gasteiger partial charge in [0.2, 0.25) is 0 Å². The van der Waals surface area contributed by atoms with Gasteiger partial charge in [-0.3, -0.25) is 0 Å². The van der Waals surface area contributed by atoms with Gasteiger partial charge in [-0.2, -0.15) is 0 Å². The normalized spacial score (nSPS) is 23.4. The zero-order valence-electron chi connectivity index (χ0n) is 12.6. The Morgan fingerprint density at radius 2 is 2.10 bits per heavy atom. The second-order valence-corrected chi connectivity index (χ2v) is 9.38. The summed E-state index contributed by atoms with van der Waals surface area (Å²) >= 11 is 1.74. The van der Waals surface area contributed by atoms with E-state index in [-0.39, 0.29) is 11.3 Å². The van der Waals surface area contributed by atoms with Crippen molar-refractivity contribution in [3.05, 3.63) is 15.6 Å². The minimum Gasteiger partial charge on any atom is -0.308 e. The van der Waals surface area contributed by atoms with E-state index in [2.05, 4.69) is 31.1 Å². The molecule has 4 nitrogen and oxygen atoms in total. The van der Waals surface area contributed by atoms with Crippen LogP contribution in [-0.2, 0) is 9.84 Å². The fourth-order valence-corrected chi connectivity index (χ4v) is 5.44. The molecule has 6 heteroatoms. The van der Waals surface area contributed by atoms with Crippen molar-refractivity contribution in [1.29, 1.82) is 0 Å². The molecule has 0 bridgehead atoms.